The van der Waals surface area contributed by atoms with E-state index in [1.807, 2.05) is 13.8 Å². The van der Waals surface area contributed by atoms with E-state index < -0.39 is 0 Å². The molecule has 0 saturated carbocycles. The lowest BCUT2D eigenvalue weighted by Gasteiger charge is -2.23. The van der Waals surface area contributed by atoms with Gasteiger partial charge in [-0.05, 0) is 31.9 Å². The highest BCUT2D eigenvalue weighted by molar-refractivity contribution is 7.99. The third-order valence-corrected chi connectivity index (χ3v) is 3.37. The van der Waals surface area contributed by atoms with Crippen LogP contribution in [0.2, 0.25) is 0 Å². The number of hydrogen-bond acceptors (Lipinski definition) is 5. The standard InChI is InChI=1S/C6H12O2S.C4H10O2.C2H6/c7-4-6-3-5(8)1-2-9-6;1-4(6)2-3-5;1-2/h5-8H,1-4H2;4-6H,2-3H2,1H3;1-2H3. The van der Waals surface area contributed by atoms with E-state index in [-0.39, 0.29) is 30.7 Å². The molecule has 1 aliphatic heterocycles. The summed E-state index contributed by atoms with van der Waals surface area (Å²) in [4.78, 5) is 0. The van der Waals surface area contributed by atoms with E-state index >= 15 is 0 Å². The van der Waals surface area contributed by atoms with Crippen LogP contribution in [0.5, 0.6) is 0 Å². The average molecular weight is 268 g/mol. The topological polar surface area (TPSA) is 80.9 Å². The maximum atomic E-state index is 9.09. The SMILES string of the molecule is CC.CC(O)CCO.OCC1CC(O)CCS1. The van der Waals surface area contributed by atoms with E-state index in [9.17, 15) is 0 Å². The molecule has 0 amide bonds. The summed E-state index contributed by atoms with van der Waals surface area (Å²) in [5, 5.41) is 34.5. The summed E-state index contributed by atoms with van der Waals surface area (Å²) in [5.74, 6) is 0.992. The van der Waals surface area contributed by atoms with E-state index in [2.05, 4.69) is 0 Å². The van der Waals surface area contributed by atoms with Gasteiger partial charge in [-0.1, -0.05) is 13.8 Å². The molecule has 106 valence electrons. The second kappa shape index (κ2) is 14.3. The van der Waals surface area contributed by atoms with E-state index in [0.717, 1.165) is 18.6 Å². The fourth-order valence-corrected chi connectivity index (χ4v) is 2.38. The monoisotopic (exact) mass is 268 g/mol. The van der Waals surface area contributed by atoms with Gasteiger partial charge in [0.05, 0.1) is 18.8 Å². The molecule has 1 heterocycles. The van der Waals surface area contributed by atoms with Gasteiger partial charge in [0, 0.05) is 11.9 Å². The van der Waals surface area contributed by atoms with Crippen LogP contribution in [0.3, 0.4) is 0 Å². The van der Waals surface area contributed by atoms with Crippen LogP contribution in [0.4, 0.5) is 0 Å². The lowest BCUT2D eigenvalue weighted by molar-refractivity contribution is 0.145. The van der Waals surface area contributed by atoms with Gasteiger partial charge in [-0.2, -0.15) is 11.8 Å². The third kappa shape index (κ3) is 14.1. The first-order valence-electron chi connectivity index (χ1n) is 6.29. The van der Waals surface area contributed by atoms with Crippen molar-refractivity contribution in [1.29, 1.82) is 0 Å². The van der Waals surface area contributed by atoms with Crippen molar-refractivity contribution in [1.82, 2.24) is 0 Å². The molecule has 0 aromatic rings. The molecule has 0 aromatic carbocycles. The maximum absolute atomic E-state index is 9.09. The van der Waals surface area contributed by atoms with Crippen LogP contribution in [-0.2, 0) is 0 Å². The number of hydrogen-bond donors (Lipinski definition) is 4. The van der Waals surface area contributed by atoms with Gasteiger partial charge in [-0.15, -0.1) is 0 Å². The third-order valence-electron chi connectivity index (χ3n) is 2.09. The molecule has 3 unspecified atom stereocenters. The van der Waals surface area contributed by atoms with Crippen molar-refractivity contribution in [3.63, 3.8) is 0 Å². The minimum Gasteiger partial charge on any atom is -0.396 e. The highest BCUT2D eigenvalue weighted by Crippen LogP contribution is 2.24. The van der Waals surface area contributed by atoms with Crippen LogP contribution < -0.4 is 0 Å². The largest absolute Gasteiger partial charge is 0.396 e. The summed E-state index contributed by atoms with van der Waals surface area (Å²) in [5.41, 5.74) is 0. The molecule has 0 radical (unpaired) electrons. The van der Waals surface area contributed by atoms with E-state index in [4.69, 9.17) is 20.4 Å². The number of aliphatic hydroxyl groups excluding tert-OH is 4. The fourth-order valence-electron chi connectivity index (χ4n) is 1.17. The maximum Gasteiger partial charge on any atom is 0.0559 e. The molecule has 4 nitrogen and oxygen atoms in total. The lowest BCUT2D eigenvalue weighted by Crippen LogP contribution is -2.24. The summed E-state index contributed by atoms with van der Waals surface area (Å²) in [6.45, 7) is 5.94. The van der Waals surface area contributed by atoms with Crippen molar-refractivity contribution in [3.05, 3.63) is 0 Å². The minimum absolute atomic E-state index is 0.0810. The van der Waals surface area contributed by atoms with Crippen LogP contribution in [0.15, 0.2) is 0 Å². The molecule has 1 fully saturated rings. The summed E-state index contributed by atoms with van der Waals surface area (Å²) >= 11 is 1.76. The van der Waals surface area contributed by atoms with Crippen molar-refractivity contribution in [3.8, 4) is 0 Å². The summed E-state index contributed by atoms with van der Waals surface area (Å²) < 4.78 is 0. The first kappa shape index (κ1) is 19.5. The fraction of sp³-hybridized carbons (Fsp3) is 1.00. The number of thioether (sulfide) groups is 1. The van der Waals surface area contributed by atoms with E-state index in [1.54, 1.807) is 18.7 Å². The molecule has 5 heteroatoms. The Morgan fingerprint density at radius 1 is 1.29 bits per heavy atom. The predicted octanol–water partition coefficient (Wildman–Crippen LogP) is 1.01. The Kier molecular flexibility index (Phi) is 16.4. The van der Waals surface area contributed by atoms with Crippen molar-refractivity contribution in [2.24, 2.45) is 0 Å². The van der Waals surface area contributed by atoms with Crippen molar-refractivity contribution >= 4 is 11.8 Å². The zero-order chi connectivity index (χ0) is 13.7. The highest BCUT2D eigenvalue weighted by atomic mass is 32.2. The molecule has 17 heavy (non-hydrogen) atoms. The zero-order valence-corrected chi connectivity index (χ0v) is 12.0. The normalized spacial score (nSPS) is 24.9. The Hall–Kier alpha value is 0.190. The van der Waals surface area contributed by atoms with Crippen LogP contribution >= 0.6 is 11.8 Å². The minimum atomic E-state index is -0.352. The van der Waals surface area contributed by atoms with Gasteiger partial charge in [-0.3, -0.25) is 0 Å². The van der Waals surface area contributed by atoms with Crippen molar-refractivity contribution in [2.45, 2.75) is 57.5 Å². The zero-order valence-electron chi connectivity index (χ0n) is 11.2. The summed E-state index contributed by atoms with van der Waals surface area (Å²) in [6, 6.07) is 0. The second-order valence-corrected chi connectivity index (χ2v) is 5.12. The smallest absolute Gasteiger partial charge is 0.0559 e. The quantitative estimate of drug-likeness (QED) is 0.614. The molecule has 1 rings (SSSR count). The van der Waals surface area contributed by atoms with Crippen LogP contribution in [0.25, 0.3) is 0 Å². The van der Waals surface area contributed by atoms with Crippen LogP contribution in [-0.4, -0.2) is 56.9 Å². The molecular formula is C12H28O4S. The van der Waals surface area contributed by atoms with Gasteiger partial charge < -0.3 is 20.4 Å². The van der Waals surface area contributed by atoms with Crippen molar-refractivity contribution in [2.75, 3.05) is 19.0 Å². The Labute approximate surface area is 109 Å². The number of aliphatic hydroxyl groups is 4. The molecule has 3 atom stereocenters. The van der Waals surface area contributed by atoms with Gasteiger partial charge in [-0.25, -0.2) is 0 Å². The highest BCUT2D eigenvalue weighted by Gasteiger charge is 2.19. The predicted molar refractivity (Wildman–Crippen MR) is 73.3 cm³/mol. The van der Waals surface area contributed by atoms with Crippen LogP contribution in [0, 0.1) is 0 Å². The Morgan fingerprint density at radius 3 is 2.12 bits per heavy atom. The summed E-state index contributed by atoms with van der Waals surface area (Å²) in [6.07, 6.45) is 1.63. The molecule has 1 saturated heterocycles. The molecule has 0 bridgehead atoms. The molecular weight excluding hydrogens is 240 g/mol. The first-order chi connectivity index (χ1) is 8.10. The Bertz CT molecular complexity index is 144. The first-order valence-corrected chi connectivity index (χ1v) is 7.34. The number of rotatable bonds is 3. The molecule has 0 aromatic heterocycles. The Morgan fingerprint density at radius 2 is 1.88 bits per heavy atom. The van der Waals surface area contributed by atoms with E-state index in [0.29, 0.717) is 6.42 Å². The van der Waals surface area contributed by atoms with E-state index in [1.165, 1.54) is 0 Å². The molecule has 0 aliphatic carbocycles. The average Bonchev–Trinajstić information content (AvgIpc) is 2.32. The molecule has 4 N–H and O–H groups in total. The Balaban J connectivity index is 0. The summed E-state index contributed by atoms with van der Waals surface area (Å²) in [7, 11) is 0. The van der Waals surface area contributed by atoms with Gasteiger partial charge in [0.25, 0.3) is 0 Å². The molecule has 0 spiro atoms. The molecule has 1 aliphatic rings. The van der Waals surface area contributed by atoms with Crippen LogP contribution in [0.1, 0.15) is 40.0 Å². The van der Waals surface area contributed by atoms with Gasteiger partial charge >= 0.3 is 0 Å². The lowest BCUT2D eigenvalue weighted by atomic mass is 10.1. The second-order valence-electron chi connectivity index (χ2n) is 3.71. The van der Waals surface area contributed by atoms with Gasteiger partial charge in [0.1, 0.15) is 0 Å². The van der Waals surface area contributed by atoms with Gasteiger partial charge in [0.15, 0.2) is 0 Å². The van der Waals surface area contributed by atoms with Gasteiger partial charge in [0.2, 0.25) is 0 Å². The van der Waals surface area contributed by atoms with Crippen molar-refractivity contribution < 1.29 is 20.4 Å².